The molecule has 1 saturated heterocycles. The molecule has 2 rings (SSSR count). The van der Waals surface area contributed by atoms with Crippen LogP contribution in [0, 0.1) is 0 Å². The van der Waals surface area contributed by atoms with Gasteiger partial charge in [-0.1, -0.05) is 0 Å². The van der Waals surface area contributed by atoms with Gasteiger partial charge in [0.15, 0.2) is 5.82 Å². The van der Waals surface area contributed by atoms with Crippen LogP contribution in [0.15, 0.2) is 6.33 Å². The number of hydrogen-bond acceptors (Lipinski definition) is 5. The summed E-state index contributed by atoms with van der Waals surface area (Å²) in [5, 5.41) is 3.80. The van der Waals surface area contributed by atoms with Crippen molar-refractivity contribution in [1.29, 1.82) is 0 Å². The lowest BCUT2D eigenvalue weighted by Crippen LogP contribution is -2.46. The molecule has 1 amide bonds. The Balaban J connectivity index is 2.13. The maximum atomic E-state index is 12.4. The number of hydrogen-bond donors (Lipinski definition) is 0. The lowest BCUT2D eigenvalue weighted by atomic mass is 10.2. The minimum absolute atomic E-state index is 0.0970. The summed E-state index contributed by atoms with van der Waals surface area (Å²) in [5.41, 5.74) is -0.678. The Morgan fingerprint density at radius 1 is 1.43 bits per heavy atom. The maximum Gasteiger partial charge on any atom is 0.411 e. The van der Waals surface area contributed by atoms with Crippen LogP contribution in [0.3, 0.4) is 0 Å². The molecule has 23 heavy (non-hydrogen) atoms. The standard InChI is InChI=1S/C13H19F3N4O3/c1-12(2,3)23-11(21)20-4-5-22-6-9(20)10-17-8-19(18-10)7-13(14,15)16/h8-9H,4-7H2,1-3H3. The molecule has 0 bridgehead atoms. The third-order valence-electron chi connectivity index (χ3n) is 2.95. The molecule has 1 atom stereocenters. The van der Waals surface area contributed by atoms with Crippen LogP contribution in [0.1, 0.15) is 32.6 Å². The molecule has 1 aromatic rings. The van der Waals surface area contributed by atoms with Gasteiger partial charge in [0.05, 0.1) is 13.2 Å². The van der Waals surface area contributed by atoms with Gasteiger partial charge in [-0.2, -0.15) is 18.3 Å². The van der Waals surface area contributed by atoms with Crippen LogP contribution in [0.2, 0.25) is 0 Å². The van der Waals surface area contributed by atoms with Crippen molar-refractivity contribution in [3.63, 3.8) is 0 Å². The van der Waals surface area contributed by atoms with Crippen molar-refractivity contribution < 1.29 is 27.4 Å². The summed E-state index contributed by atoms with van der Waals surface area (Å²) >= 11 is 0. The number of halogens is 3. The molecule has 0 saturated carbocycles. The van der Waals surface area contributed by atoms with Crippen molar-refractivity contribution in [2.24, 2.45) is 0 Å². The second kappa shape index (κ2) is 6.34. The van der Waals surface area contributed by atoms with Gasteiger partial charge in [0, 0.05) is 6.54 Å². The number of amides is 1. The van der Waals surface area contributed by atoms with Crippen molar-refractivity contribution in [2.75, 3.05) is 19.8 Å². The van der Waals surface area contributed by atoms with Crippen LogP contribution in [-0.2, 0) is 16.0 Å². The second-order valence-electron chi connectivity index (χ2n) is 6.18. The molecule has 7 nitrogen and oxygen atoms in total. The summed E-state index contributed by atoms with van der Waals surface area (Å²) in [6, 6.07) is -0.673. The molecular weight excluding hydrogens is 317 g/mol. The fourth-order valence-corrected chi connectivity index (χ4v) is 2.08. The molecule has 0 spiro atoms. The fraction of sp³-hybridized carbons (Fsp3) is 0.769. The van der Waals surface area contributed by atoms with Gasteiger partial charge in [0.1, 0.15) is 24.5 Å². The molecular formula is C13H19F3N4O3. The van der Waals surface area contributed by atoms with Gasteiger partial charge in [-0.05, 0) is 20.8 Å². The Morgan fingerprint density at radius 2 is 2.13 bits per heavy atom. The normalized spacial score (nSPS) is 19.7. The van der Waals surface area contributed by atoms with E-state index in [9.17, 15) is 18.0 Å². The van der Waals surface area contributed by atoms with E-state index in [0.29, 0.717) is 11.3 Å². The molecule has 1 aromatic heterocycles. The van der Waals surface area contributed by atoms with E-state index in [-0.39, 0.29) is 19.0 Å². The number of carbonyl (C=O) groups excluding carboxylic acids is 1. The molecule has 10 heteroatoms. The number of ether oxygens (including phenoxy) is 2. The van der Waals surface area contributed by atoms with Crippen LogP contribution in [0.25, 0.3) is 0 Å². The van der Waals surface area contributed by atoms with Gasteiger partial charge < -0.3 is 9.47 Å². The highest BCUT2D eigenvalue weighted by atomic mass is 19.4. The topological polar surface area (TPSA) is 69.5 Å². The smallest absolute Gasteiger partial charge is 0.411 e. The second-order valence-corrected chi connectivity index (χ2v) is 6.18. The Hall–Kier alpha value is -1.84. The monoisotopic (exact) mass is 336 g/mol. The molecule has 0 radical (unpaired) electrons. The quantitative estimate of drug-likeness (QED) is 0.828. The summed E-state index contributed by atoms with van der Waals surface area (Å²) in [6.07, 6.45) is -3.97. The van der Waals surface area contributed by atoms with Gasteiger partial charge in [0.25, 0.3) is 0 Å². The van der Waals surface area contributed by atoms with Gasteiger partial charge in [0.2, 0.25) is 0 Å². The molecule has 0 aromatic carbocycles. The zero-order chi connectivity index (χ0) is 17.3. The Bertz CT molecular complexity index is 553. The molecule has 0 N–H and O–H groups in total. The number of aromatic nitrogens is 3. The predicted octanol–water partition coefficient (Wildman–Crippen LogP) is 2.15. The molecule has 1 fully saturated rings. The Labute approximate surface area is 131 Å². The zero-order valence-electron chi connectivity index (χ0n) is 13.1. The number of morpholine rings is 1. The van der Waals surface area contributed by atoms with E-state index in [2.05, 4.69) is 10.1 Å². The first-order valence-corrected chi connectivity index (χ1v) is 7.09. The van der Waals surface area contributed by atoms with Crippen molar-refractivity contribution in [1.82, 2.24) is 19.7 Å². The molecule has 1 aliphatic rings. The minimum Gasteiger partial charge on any atom is -0.444 e. The largest absolute Gasteiger partial charge is 0.444 e. The summed E-state index contributed by atoms with van der Waals surface area (Å²) in [4.78, 5) is 17.5. The van der Waals surface area contributed by atoms with E-state index < -0.39 is 30.5 Å². The Morgan fingerprint density at radius 3 is 2.74 bits per heavy atom. The fourth-order valence-electron chi connectivity index (χ4n) is 2.08. The average Bonchev–Trinajstić information content (AvgIpc) is 2.82. The average molecular weight is 336 g/mol. The van der Waals surface area contributed by atoms with Crippen LogP contribution in [0.5, 0.6) is 0 Å². The van der Waals surface area contributed by atoms with Gasteiger partial charge in [-0.3, -0.25) is 4.90 Å². The molecule has 2 heterocycles. The third kappa shape index (κ3) is 5.08. The maximum absolute atomic E-state index is 12.4. The highest BCUT2D eigenvalue weighted by molar-refractivity contribution is 5.68. The summed E-state index contributed by atoms with van der Waals surface area (Å²) in [5.74, 6) is 0.0970. The SMILES string of the molecule is CC(C)(C)OC(=O)N1CCOCC1c1ncn(CC(F)(F)F)n1. The summed E-state index contributed by atoms with van der Waals surface area (Å²) < 4.78 is 48.5. The number of carbonyl (C=O) groups is 1. The summed E-state index contributed by atoms with van der Waals surface area (Å²) in [7, 11) is 0. The van der Waals surface area contributed by atoms with Crippen LogP contribution in [0.4, 0.5) is 18.0 Å². The minimum atomic E-state index is -4.39. The van der Waals surface area contributed by atoms with Gasteiger partial charge in [-0.15, -0.1) is 0 Å². The van der Waals surface area contributed by atoms with Crippen molar-refractivity contribution in [3.8, 4) is 0 Å². The van der Waals surface area contributed by atoms with E-state index in [1.54, 1.807) is 20.8 Å². The van der Waals surface area contributed by atoms with Crippen molar-refractivity contribution >= 4 is 6.09 Å². The van der Waals surface area contributed by atoms with E-state index in [1.165, 1.54) is 4.90 Å². The summed E-state index contributed by atoms with van der Waals surface area (Å²) in [6.45, 7) is 4.64. The van der Waals surface area contributed by atoms with E-state index in [1.807, 2.05) is 0 Å². The Kier molecular flexibility index (Phi) is 4.83. The lowest BCUT2D eigenvalue weighted by molar-refractivity contribution is -0.142. The van der Waals surface area contributed by atoms with Crippen molar-refractivity contribution in [3.05, 3.63) is 12.2 Å². The molecule has 130 valence electrons. The highest BCUT2D eigenvalue weighted by Gasteiger charge is 2.35. The first-order chi connectivity index (χ1) is 10.6. The van der Waals surface area contributed by atoms with Crippen molar-refractivity contribution in [2.45, 2.75) is 45.1 Å². The number of nitrogens with zero attached hydrogens (tertiary/aromatic N) is 4. The van der Waals surface area contributed by atoms with E-state index in [4.69, 9.17) is 9.47 Å². The first-order valence-electron chi connectivity index (χ1n) is 7.09. The molecule has 1 unspecified atom stereocenters. The van der Waals surface area contributed by atoms with Gasteiger partial charge >= 0.3 is 12.3 Å². The third-order valence-corrected chi connectivity index (χ3v) is 2.95. The van der Waals surface area contributed by atoms with Crippen LogP contribution >= 0.6 is 0 Å². The number of alkyl halides is 3. The number of rotatable bonds is 2. The van der Waals surface area contributed by atoms with Crippen LogP contribution < -0.4 is 0 Å². The first kappa shape index (κ1) is 17.5. The molecule has 0 aliphatic carbocycles. The van der Waals surface area contributed by atoms with E-state index in [0.717, 1.165) is 6.33 Å². The predicted molar refractivity (Wildman–Crippen MR) is 72.6 cm³/mol. The zero-order valence-corrected chi connectivity index (χ0v) is 13.1. The molecule has 1 aliphatic heterocycles. The lowest BCUT2D eigenvalue weighted by Gasteiger charge is -2.35. The van der Waals surface area contributed by atoms with Gasteiger partial charge in [-0.25, -0.2) is 14.5 Å². The van der Waals surface area contributed by atoms with Crippen LogP contribution in [-0.4, -0.2) is 57.3 Å². The highest BCUT2D eigenvalue weighted by Crippen LogP contribution is 2.24. The van der Waals surface area contributed by atoms with E-state index >= 15 is 0 Å².